The number of hydrogen-bond donors (Lipinski definition) is 1. The summed E-state index contributed by atoms with van der Waals surface area (Å²) >= 11 is 0. The van der Waals surface area contributed by atoms with Crippen LogP contribution in [0.1, 0.15) is 37.7 Å². The Kier molecular flexibility index (Phi) is 5.81. The third kappa shape index (κ3) is 4.34. The first-order valence-electron chi connectivity index (χ1n) is 12.4. The van der Waals surface area contributed by atoms with Crippen LogP contribution in [0.25, 0.3) is 34.1 Å². The summed E-state index contributed by atoms with van der Waals surface area (Å²) in [5.41, 5.74) is 4.35. The Balaban J connectivity index is 1.58. The Morgan fingerprint density at radius 3 is 2.66 bits per heavy atom. The maximum Gasteiger partial charge on any atom is 0.434 e. The standard InChI is InChI=1S/C25H29N7O3/c1-16-6-5-9-18(14-16)19-20-21(27-22(26-19)23-29-30-25(33)35-23)28-24(31-10-12-34-13-11-31)32(20)15-17-7-3-2-4-8-17/h5-6,9,14,17H,2-4,7-8,10-13,15H2,1H3,(H,30,33). The number of ether oxygens (including phenoxy) is 1. The van der Waals surface area contributed by atoms with Crippen molar-refractivity contribution in [3.05, 3.63) is 40.4 Å². The monoisotopic (exact) mass is 475 g/mol. The first kappa shape index (κ1) is 22.0. The van der Waals surface area contributed by atoms with Gasteiger partial charge in [0.05, 0.1) is 13.2 Å². The summed E-state index contributed by atoms with van der Waals surface area (Å²) < 4.78 is 13.1. The molecule has 0 bridgehead atoms. The molecule has 2 fully saturated rings. The summed E-state index contributed by atoms with van der Waals surface area (Å²) in [6, 6.07) is 8.25. The summed E-state index contributed by atoms with van der Waals surface area (Å²) in [5.74, 6) is 1.15. The molecule has 0 amide bonds. The predicted octanol–water partition coefficient (Wildman–Crippen LogP) is 3.56. The average Bonchev–Trinajstić information content (AvgIpc) is 3.48. The number of aryl methyl sites for hydroxylation is 1. The number of benzene rings is 1. The minimum absolute atomic E-state index is 0.0561. The second kappa shape index (κ2) is 9.26. The highest BCUT2D eigenvalue weighted by molar-refractivity contribution is 5.91. The number of nitrogens with zero attached hydrogens (tertiary/aromatic N) is 6. The minimum Gasteiger partial charge on any atom is -0.384 e. The van der Waals surface area contributed by atoms with E-state index >= 15 is 0 Å². The quantitative estimate of drug-likeness (QED) is 0.466. The molecule has 1 aliphatic heterocycles. The van der Waals surface area contributed by atoms with Crippen LogP contribution in [0.5, 0.6) is 0 Å². The number of fused-ring (bicyclic) bond motifs is 1. The fourth-order valence-corrected chi connectivity index (χ4v) is 5.24. The maximum atomic E-state index is 11.6. The van der Waals surface area contributed by atoms with Crippen molar-refractivity contribution in [1.82, 2.24) is 29.7 Å². The van der Waals surface area contributed by atoms with Crippen molar-refractivity contribution in [3.8, 4) is 23.0 Å². The fourth-order valence-electron chi connectivity index (χ4n) is 5.24. The number of aromatic amines is 1. The van der Waals surface area contributed by atoms with Crippen molar-refractivity contribution in [2.75, 3.05) is 31.2 Å². The molecule has 1 N–H and O–H groups in total. The first-order valence-corrected chi connectivity index (χ1v) is 12.4. The van der Waals surface area contributed by atoms with E-state index in [0.717, 1.165) is 47.9 Å². The molecule has 6 rings (SSSR count). The lowest BCUT2D eigenvalue weighted by Gasteiger charge is -2.30. The van der Waals surface area contributed by atoms with Crippen LogP contribution in [0.4, 0.5) is 5.95 Å². The molecule has 182 valence electrons. The summed E-state index contributed by atoms with van der Waals surface area (Å²) in [5, 5.41) is 6.27. The lowest BCUT2D eigenvalue weighted by molar-refractivity contribution is 0.121. The highest BCUT2D eigenvalue weighted by atomic mass is 16.5. The Labute approximate surface area is 202 Å². The lowest BCUT2D eigenvalue weighted by atomic mass is 9.89. The molecule has 2 aliphatic rings. The van der Waals surface area contributed by atoms with Gasteiger partial charge in [0.15, 0.2) is 5.65 Å². The normalized spacial score (nSPS) is 17.3. The molecule has 4 heterocycles. The lowest BCUT2D eigenvalue weighted by Crippen LogP contribution is -2.38. The van der Waals surface area contributed by atoms with Crippen molar-refractivity contribution in [2.24, 2.45) is 5.92 Å². The molecule has 1 aromatic carbocycles. The van der Waals surface area contributed by atoms with Gasteiger partial charge in [-0.3, -0.25) is 0 Å². The van der Waals surface area contributed by atoms with Crippen molar-refractivity contribution in [2.45, 2.75) is 45.6 Å². The van der Waals surface area contributed by atoms with Crippen LogP contribution in [-0.2, 0) is 11.3 Å². The smallest absolute Gasteiger partial charge is 0.384 e. The zero-order valence-corrected chi connectivity index (χ0v) is 19.9. The number of rotatable bonds is 5. The van der Waals surface area contributed by atoms with Gasteiger partial charge < -0.3 is 18.6 Å². The van der Waals surface area contributed by atoms with Crippen LogP contribution >= 0.6 is 0 Å². The summed E-state index contributed by atoms with van der Waals surface area (Å²) in [4.78, 5) is 28.5. The van der Waals surface area contributed by atoms with Gasteiger partial charge in [0.2, 0.25) is 11.8 Å². The van der Waals surface area contributed by atoms with Gasteiger partial charge in [0.25, 0.3) is 5.89 Å². The number of anilines is 1. The minimum atomic E-state index is -0.641. The molecule has 3 aromatic heterocycles. The van der Waals surface area contributed by atoms with Gasteiger partial charge in [0, 0.05) is 25.2 Å². The van der Waals surface area contributed by atoms with Crippen molar-refractivity contribution >= 4 is 17.1 Å². The van der Waals surface area contributed by atoms with Crippen LogP contribution in [0.3, 0.4) is 0 Å². The molecular weight excluding hydrogens is 446 g/mol. The Bertz CT molecular complexity index is 1390. The topological polar surface area (TPSA) is 115 Å². The van der Waals surface area contributed by atoms with Crippen LogP contribution in [0.15, 0.2) is 33.5 Å². The number of hydrogen-bond acceptors (Lipinski definition) is 8. The number of nitrogens with one attached hydrogen (secondary N) is 1. The number of aromatic nitrogens is 6. The van der Waals surface area contributed by atoms with E-state index in [9.17, 15) is 4.79 Å². The fraction of sp³-hybridized carbons (Fsp3) is 0.480. The van der Waals surface area contributed by atoms with E-state index in [0.29, 0.717) is 24.8 Å². The van der Waals surface area contributed by atoms with Gasteiger partial charge in [-0.05, 0) is 31.7 Å². The molecule has 1 saturated heterocycles. The predicted molar refractivity (Wildman–Crippen MR) is 131 cm³/mol. The van der Waals surface area contributed by atoms with Gasteiger partial charge in [-0.2, -0.15) is 4.98 Å². The molecular formula is C25H29N7O3. The molecule has 0 radical (unpaired) electrons. The molecule has 10 heteroatoms. The summed E-state index contributed by atoms with van der Waals surface area (Å²) in [6.07, 6.45) is 6.30. The van der Waals surface area contributed by atoms with E-state index in [-0.39, 0.29) is 11.7 Å². The molecule has 0 spiro atoms. The molecule has 0 atom stereocenters. The largest absolute Gasteiger partial charge is 0.434 e. The average molecular weight is 476 g/mol. The van der Waals surface area contributed by atoms with E-state index in [1.807, 2.05) is 12.1 Å². The SMILES string of the molecule is Cc1cccc(-c2nc(-c3n[nH]c(=O)o3)nc3nc(N4CCOCC4)n(CC4CCCCC4)c23)c1. The first-order chi connectivity index (χ1) is 17.2. The summed E-state index contributed by atoms with van der Waals surface area (Å²) in [7, 11) is 0. The van der Waals surface area contributed by atoms with E-state index in [4.69, 9.17) is 24.1 Å². The van der Waals surface area contributed by atoms with E-state index < -0.39 is 5.76 Å². The van der Waals surface area contributed by atoms with Gasteiger partial charge in [-0.1, -0.05) is 43.0 Å². The third-order valence-corrected chi connectivity index (χ3v) is 6.96. The molecule has 1 saturated carbocycles. The maximum absolute atomic E-state index is 11.6. The van der Waals surface area contributed by atoms with Crippen LogP contribution in [-0.4, -0.2) is 56.0 Å². The third-order valence-electron chi connectivity index (χ3n) is 6.96. The number of morpholine rings is 1. The van der Waals surface area contributed by atoms with E-state index in [1.54, 1.807) is 0 Å². The van der Waals surface area contributed by atoms with E-state index in [2.05, 4.69) is 38.7 Å². The zero-order chi connectivity index (χ0) is 23.8. The zero-order valence-electron chi connectivity index (χ0n) is 19.9. The van der Waals surface area contributed by atoms with Gasteiger partial charge in [0.1, 0.15) is 11.2 Å². The van der Waals surface area contributed by atoms with E-state index in [1.165, 1.54) is 32.1 Å². The molecule has 35 heavy (non-hydrogen) atoms. The Morgan fingerprint density at radius 2 is 1.91 bits per heavy atom. The molecule has 10 nitrogen and oxygen atoms in total. The molecule has 4 aromatic rings. The molecule has 1 aliphatic carbocycles. The second-order valence-corrected chi connectivity index (χ2v) is 9.48. The van der Waals surface area contributed by atoms with Crippen molar-refractivity contribution in [1.29, 1.82) is 0 Å². The van der Waals surface area contributed by atoms with Crippen molar-refractivity contribution in [3.63, 3.8) is 0 Å². The van der Waals surface area contributed by atoms with Crippen LogP contribution < -0.4 is 10.7 Å². The highest BCUT2D eigenvalue weighted by Crippen LogP contribution is 2.35. The van der Waals surface area contributed by atoms with Gasteiger partial charge in [-0.25, -0.2) is 19.9 Å². The number of H-pyrrole nitrogens is 1. The van der Waals surface area contributed by atoms with Gasteiger partial charge >= 0.3 is 5.76 Å². The Morgan fingerprint density at radius 1 is 1.09 bits per heavy atom. The highest BCUT2D eigenvalue weighted by Gasteiger charge is 2.27. The molecule has 0 unspecified atom stereocenters. The van der Waals surface area contributed by atoms with Crippen molar-refractivity contribution < 1.29 is 9.15 Å². The van der Waals surface area contributed by atoms with Crippen LogP contribution in [0, 0.1) is 12.8 Å². The second-order valence-electron chi connectivity index (χ2n) is 9.48. The number of imidazole rings is 1. The summed E-state index contributed by atoms with van der Waals surface area (Å²) in [6.45, 7) is 5.85. The van der Waals surface area contributed by atoms with Crippen LogP contribution in [0.2, 0.25) is 0 Å². The Hall–Kier alpha value is -3.53. The van der Waals surface area contributed by atoms with Gasteiger partial charge in [-0.15, -0.1) is 5.10 Å².